The van der Waals surface area contributed by atoms with E-state index in [2.05, 4.69) is 93.7 Å². The zero-order valence-corrected chi connectivity index (χ0v) is 47.3. The van der Waals surface area contributed by atoms with Crippen molar-refractivity contribution in [1.29, 1.82) is 0 Å². The zero-order chi connectivity index (χ0) is 54.7. The Kier molecular flexibility index (Phi) is 47.0. The average Bonchev–Trinajstić information content (AvgIpc) is 3.39. The number of allylic oxidation sites excluding steroid dienone is 12. The lowest BCUT2D eigenvalue weighted by Gasteiger charge is -2.40. The number of carbonyl (C=O) groups is 4. The molecular formula is C63H106O12. The molecule has 0 spiro atoms. The van der Waals surface area contributed by atoms with E-state index in [1.807, 2.05) is 0 Å². The van der Waals surface area contributed by atoms with Gasteiger partial charge in [-0.2, -0.15) is 0 Å². The molecule has 0 radical (unpaired) electrons. The van der Waals surface area contributed by atoms with Crippen molar-refractivity contribution in [2.24, 2.45) is 0 Å². The predicted octanol–water partition coefficient (Wildman–Crippen LogP) is 15.3. The SMILES string of the molecule is CC/C=C\C/C=C\C/C=C\CCCCCCCC(=O)OCC(COC1OC(C(=O)O)C(O)C(O)C1OC(=O)CCCCCCCC/C=C\C/C=C\C/C=C\CCCCC)OC(=O)CCCCCCCCCCCCC. The van der Waals surface area contributed by atoms with Crippen molar-refractivity contribution in [1.82, 2.24) is 0 Å². The number of rotatable bonds is 50. The molecule has 0 amide bonds. The minimum absolute atomic E-state index is 0.0433. The molecule has 0 aliphatic carbocycles. The molecule has 75 heavy (non-hydrogen) atoms. The van der Waals surface area contributed by atoms with Gasteiger partial charge in [-0.15, -0.1) is 0 Å². The van der Waals surface area contributed by atoms with Crippen molar-refractivity contribution in [2.45, 2.75) is 289 Å². The van der Waals surface area contributed by atoms with E-state index < -0.39 is 67.3 Å². The van der Waals surface area contributed by atoms with E-state index in [9.17, 15) is 34.5 Å². The molecular weight excluding hydrogens is 949 g/mol. The molecule has 1 heterocycles. The van der Waals surface area contributed by atoms with Crippen LogP contribution in [0.4, 0.5) is 0 Å². The molecule has 1 saturated heterocycles. The summed E-state index contributed by atoms with van der Waals surface area (Å²) < 4.78 is 28.4. The highest BCUT2D eigenvalue weighted by Crippen LogP contribution is 2.26. The van der Waals surface area contributed by atoms with Crippen LogP contribution in [0.1, 0.15) is 252 Å². The number of carboxylic acids is 1. The molecule has 12 nitrogen and oxygen atoms in total. The highest BCUT2D eigenvalue weighted by molar-refractivity contribution is 5.74. The lowest BCUT2D eigenvalue weighted by Crippen LogP contribution is -2.61. The summed E-state index contributed by atoms with van der Waals surface area (Å²) in [7, 11) is 0. The molecule has 0 aromatic carbocycles. The summed E-state index contributed by atoms with van der Waals surface area (Å²) in [5, 5.41) is 31.5. The normalized spacial score (nSPS) is 18.7. The smallest absolute Gasteiger partial charge is 0.335 e. The van der Waals surface area contributed by atoms with Crippen molar-refractivity contribution in [3.05, 3.63) is 72.9 Å². The van der Waals surface area contributed by atoms with E-state index in [1.165, 1.54) is 70.6 Å². The average molecular weight is 1060 g/mol. The minimum atomic E-state index is -1.91. The standard InChI is InChI=1S/C63H106O12/c1-4-7-10-13-16-19-22-24-26-27-28-29-31-33-36-39-42-45-48-51-57(66)74-61-59(68)58(67)60(62(69)70)75-63(61)72-53-54(73-56(65)50-47-44-41-38-34-21-18-15-12-9-6-3)52-71-55(64)49-46-43-40-37-35-32-30-25-23-20-17-14-11-8-5-2/h8,11,16-17,19-20,24-26,28-30,54,58-61,63,67-68H,4-7,9-10,12-15,18,21-23,27,31-53H2,1-3H3,(H,69,70)/b11-8-,19-16-,20-17-,26-24-,29-28-,30-25-. The summed E-state index contributed by atoms with van der Waals surface area (Å²) in [6, 6.07) is 0. The molecule has 0 saturated carbocycles. The van der Waals surface area contributed by atoms with Gasteiger partial charge in [-0.25, -0.2) is 4.79 Å². The Morgan fingerprint density at radius 3 is 1.31 bits per heavy atom. The summed E-state index contributed by atoms with van der Waals surface area (Å²) in [6.07, 6.45) is 51.5. The van der Waals surface area contributed by atoms with Crippen LogP contribution in [0.2, 0.25) is 0 Å². The zero-order valence-electron chi connectivity index (χ0n) is 47.3. The molecule has 3 N–H and O–H groups in total. The Labute approximate surface area is 455 Å². The Balaban J connectivity index is 2.67. The van der Waals surface area contributed by atoms with E-state index in [1.54, 1.807) is 0 Å². The lowest BCUT2D eigenvalue weighted by molar-refractivity contribution is -0.301. The second-order valence-corrected chi connectivity index (χ2v) is 20.3. The molecule has 430 valence electrons. The van der Waals surface area contributed by atoms with Crippen molar-refractivity contribution >= 4 is 23.9 Å². The first-order chi connectivity index (χ1) is 36.6. The Bertz CT molecular complexity index is 1580. The molecule has 12 heteroatoms. The number of aliphatic carboxylic acids is 1. The van der Waals surface area contributed by atoms with Crippen LogP contribution in [-0.2, 0) is 42.9 Å². The van der Waals surface area contributed by atoms with Crippen molar-refractivity contribution in [3.63, 3.8) is 0 Å². The fraction of sp³-hybridized carbons (Fsp3) is 0.746. The molecule has 6 atom stereocenters. The molecule has 0 aromatic heterocycles. The van der Waals surface area contributed by atoms with Crippen LogP contribution in [0.25, 0.3) is 0 Å². The molecule has 1 rings (SSSR count). The van der Waals surface area contributed by atoms with Crippen LogP contribution in [-0.4, -0.2) is 89.2 Å². The first-order valence-electron chi connectivity index (χ1n) is 29.9. The van der Waals surface area contributed by atoms with Crippen LogP contribution in [0.5, 0.6) is 0 Å². The largest absolute Gasteiger partial charge is 0.479 e. The van der Waals surface area contributed by atoms with Crippen molar-refractivity contribution < 1.29 is 58.2 Å². The maximum atomic E-state index is 13.1. The highest BCUT2D eigenvalue weighted by Gasteiger charge is 2.50. The third-order valence-electron chi connectivity index (χ3n) is 13.3. The molecule has 1 aliphatic heterocycles. The third kappa shape index (κ3) is 41.0. The summed E-state index contributed by atoms with van der Waals surface area (Å²) in [5.41, 5.74) is 0. The van der Waals surface area contributed by atoms with E-state index >= 15 is 0 Å². The van der Waals surface area contributed by atoms with Gasteiger partial charge in [0.1, 0.15) is 18.8 Å². The molecule has 0 aromatic rings. The van der Waals surface area contributed by atoms with Gasteiger partial charge in [0.2, 0.25) is 0 Å². The first-order valence-corrected chi connectivity index (χ1v) is 29.9. The van der Waals surface area contributed by atoms with Crippen LogP contribution in [0.15, 0.2) is 72.9 Å². The number of hydrogen-bond donors (Lipinski definition) is 3. The van der Waals surface area contributed by atoms with Gasteiger partial charge in [-0.05, 0) is 89.9 Å². The topological polar surface area (TPSA) is 175 Å². The number of aliphatic hydroxyl groups is 2. The summed E-state index contributed by atoms with van der Waals surface area (Å²) in [6.45, 7) is 5.83. The van der Waals surface area contributed by atoms with Crippen LogP contribution in [0, 0.1) is 0 Å². The van der Waals surface area contributed by atoms with Gasteiger partial charge in [-0.3, -0.25) is 14.4 Å². The maximum absolute atomic E-state index is 13.1. The second kappa shape index (κ2) is 50.9. The number of carbonyl (C=O) groups excluding carboxylic acids is 3. The molecule has 6 unspecified atom stereocenters. The Morgan fingerprint density at radius 1 is 0.453 bits per heavy atom. The number of carboxylic acid groups (broad SMARTS) is 1. The molecule has 1 fully saturated rings. The van der Waals surface area contributed by atoms with E-state index in [0.29, 0.717) is 19.3 Å². The fourth-order valence-electron chi connectivity index (χ4n) is 8.68. The van der Waals surface area contributed by atoms with Crippen LogP contribution < -0.4 is 0 Å². The van der Waals surface area contributed by atoms with E-state index in [4.69, 9.17) is 23.7 Å². The quantitative estimate of drug-likeness (QED) is 0.0228. The Hall–Kier alpha value is -3.84. The van der Waals surface area contributed by atoms with E-state index in [-0.39, 0.29) is 25.9 Å². The van der Waals surface area contributed by atoms with Gasteiger partial charge >= 0.3 is 23.9 Å². The maximum Gasteiger partial charge on any atom is 0.335 e. The van der Waals surface area contributed by atoms with E-state index in [0.717, 1.165) is 122 Å². The van der Waals surface area contributed by atoms with Gasteiger partial charge in [0.05, 0.1) is 6.61 Å². The van der Waals surface area contributed by atoms with Crippen molar-refractivity contribution in [2.75, 3.05) is 13.2 Å². The van der Waals surface area contributed by atoms with Crippen LogP contribution >= 0.6 is 0 Å². The van der Waals surface area contributed by atoms with Gasteiger partial charge < -0.3 is 39.0 Å². The first kappa shape index (κ1) is 69.2. The second-order valence-electron chi connectivity index (χ2n) is 20.3. The molecule has 1 aliphatic rings. The van der Waals surface area contributed by atoms with Gasteiger partial charge in [0.15, 0.2) is 24.6 Å². The fourth-order valence-corrected chi connectivity index (χ4v) is 8.68. The predicted molar refractivity (Wildman–Crippen MR) is 303 cm³/mol. The number of hydrogen-bond acceptors (Lipinski definition) is 11. The summed E-state index contributed by atoms with van der Waals surface area (Å²) in [4.78, 5) is 51.1. The third-order valence-corrected chi connectivity index (χ3v) is 13.3. The molecule has 0 bridgehead atoms. The summed E-state index contributed by atoms with van der Waals surface area (Å²) in [5.74, 6) is -3.15. The monoisotopic (exact) mass is 1050 g/mol. The van der Waals surface area contributed by atoms with Gasteiger partial charge in [0.25, 0.3) is 0 Å². The number of unbranched alkanes of at least 4 members (excludes halogenated alkanes) is 24. The number of aliphatic hydroxyl groups excluding tert-OH is 2. The van der Waals surface area contributed by atoms with Crippen LogP contribution in [0.3, 0.4) is 0 Å². The highest BCUT2D eigenvalue weighted by atomic mass is 16.7. The number of ether oxygens (including phenoxy) is 5. The van der Waals surface area contributed by atoms with Gasteiger partial charge in [-0.1, -0.05) is 216 Å². The van der Waals surface area contributed by atoms with Gasteiger partial charge in [0, 0.05) is 19.3 Å². The van der Waals surface area contributed by atoms with Crippen molar-refractivity contribution in [3.8, 4) is 0 Å². The summed E-state index contributed by atoms with van der Waals surface area (Å²) >= 11 is 0. The number of esters is 3. The minimum Gasteiger partial charge on any atom is -0.479 e. The lowest BCUT2D eigenvalue weighted by atomic mass is 9.98. The Morgan fingerprint density at radius 2 is 0.840 bits per heavy atom.